The van der Waals surface area contributed by atoms with Gasteiger partial charge in [-0.15, -0.1) is 11.3 Å². The highest BCUT2D eigenvalue weighted by Crippen LogP contribution is 2.43. The van der Waals surface area contributed by atoms with Crippen LogP contribution in [-0.4, -0.2) is 67.0 Å². The lowest BCUT2D eigenvalue weighted by Gasteiger charge is -2.32. The molecule has 1 unspecified atom stereocenters. The van der Waals surface area contributed by atoms with Gasteiger partial charge in [-0.2, -0.15) is 0 Å². The van der Waals surface area contributed by atoms with Crippen molar-refractivity contribution >= 4 is 23.0 Å². The number of carbonyl (C=O) groups is 2. The average Bonchev–Trinajstić information content (AvgIpc) is 3.45. The van der Waals surface area contributed by atoms with E-state index >= 15 is 0 Å². The van der Waals surface area contributed by atoms with Gasteiger partial charge in [-0.05, 0) is 55.6 Å². The van der Waals surface area contributed by atoms with Crippen LogP contribution < -0.4 is 9.47 Å². The minimum absolute atomic E-state index is 0.0858. The second-order valence-corrected chi connectivity index (χ2v) is 8.93. The number of hydrogen-bond donors (Lipinski definition) is 1. The third-order valence-corrected chi connectivity index (χ3v) is 7.00. The van der Waals surface area contributed by atoms with Gasteiger partial charge in [0.1, 0.15) is 11.5 Å². The maximum absolute atomic E-state index is 13.4. The molecule has 2 aliphatic rings. The molecule has 4 rings (SSSR count). The molecule has 7 nitrogen and oxygen atoms in total. The van der Waals surface area contributed by atoms with Gasteiger partial charge in [0.15, 0.2) is 5.76 Å². The van der Waals surface area contributed by atoms with Crippen molar-refractivity contribution in [2.75, 3.05) is 40.4 Å². The number of aliphatic hydroxyl groups excluding tert-OH is 1. The number of rotatable bonds is 8. The Balaban J connectivity index is 1.74. The molecule has 0 saturated carbocycles. The summed E-state index contributed by atoms with van der Waals surface area (Å²) in [6.07, 6.45) is 3.52. The molecular formula is C24H28N2O5S. The topological polar surface area (TPSA) is 79.3 Å². The highest BCUT2D eigenvalue weighted by molar-refractivity contribution is 7.12. The number of nitrogens with zero attached hydrogens (tertiary/aromatic N) is 2. The van der Waals surface area contributed by atoms with E-state index in [1.165, 1.54) is 17.8 Å². The van der Waals surface area contributed by atoms with E-state index in [1.54, 1.807) is 54.8 Å². The fraction of sp³-hybridized carbons (Fsp3) is 0.417. The van der Waals surface area contributed by atoms with Crippen LogP contribution in [0.15, 0.2) is 47.0 Å². The largest absolute Gasteiger partial charge is 0.503 e. The third-order valence-electron chi connectivity index (χ3n) is 6.13. The zero-order valence-corrected chi connectivity index (χ0v) is 19.2. The van der Waals surface area contributed by atoms with E-state index in [2.05, 4.69) is 4.90 Å². The lowest BCUT2D eigenvalue weighted by molar-refractivity contribution is -0.129. The maximum Gasteiger partial charge on any atom is 0.290 e. The molecule has 1 aromatic heterocycles. The summed E-state index contributed by atoms with van der Waals surface area (Å²) < 4.78 is 11.0. The molecule has 0 bridgehead atoms. The molecule has 1 saturated heterocycles. The van der Waals surface area contributed by atoms with Crippen molar-refractivity contribution < 1.29 is 24.2 Å². The van der Waals surface area contributed by atoms with E-state index in [0.29, 0.717) is 35.0 Å². The van der Waals surface area contributed by atoms with E-state index in [9.17, 15) is 14.7 Å². The number of carbonyl (C=O) groups excluding carboxylic acids is 2. The number of methoxy groups -OCH3 is 2. The molecular weight excluding hydrogens is 428 g/mol. The standard InChI is InChI=1S/C24H28N2O5S/c1-30-16-8-9-18(31-2)17(15-16)21-20(22(27)19-7-6-14-32-19)23(28)24(29)26(21)13-12-25-10-4-3-5-11-25/h6-9,14-15,21,28H,3-5,10-13H2,1-2H3. The van der Waals surface area contributed by atoms with Crippen molar-refractivity contribution in [1.82, 2.24) is 9.80 Å². The number of ketones is 1. The highest BCUT2D eigenvalue weighted by Gasteiger charge is 2.45. The molecule has 1 atom stereocenters. The summed E-state index contributed by atoms with van der Waals surface area (Å²) in [5.41, 5.74) is 0.699. The van der Waals surface area contributed by atoms with Gasteiger partial charge in [0.2, 0.25) is 5.78 Å². The predicted molar refractivity (Wildman–Crippen MR) is 123 cm³/mol. The van der Waals surface area contributed by atoms with Gasteiger partial charge in [-0.3, -0.25) is 9.59 Å². The van der Waals surface area contributed by atoms with E-state index in [1.807, 2.05) is 0 Å². The molecule has 3 heterocycles. The number of hydrogen-bond acceptors (Lipinski definition) is 7. The lowest BCUT2D eigenvalue weighted by Crippen LogP contribution is -2.40. The Bertz CT molecular complexity index is 1010. The molecule has 1 fully saturated rings. The van der Waals surface area contributed by atoms with E-state index in [0.717, 1.165) is 25.9 Å². The van der Waals surface area contributed by atoms with Crippen molar-refractivity contribution in [1.29, 1.82) is 0 Å². The summed E-state index contributed by atoms with van der Waals surface area (Å²) in [7, 11) is 3.11. The second-order valence-electron chi connectivity index (χ2n) is 7.98. The van der Waals surface area contributed by atoms with E-state index in [4.69, 9.17) is 9.47 Å². The second kappa shape index (κ2) is 9.75. The molecule has 1 aromatic carbocycles. The van der Waals surface area contributed by atoms with Crippen molar-refractivity contribution in [3.63, 3.8) is 0 Å². The van der Waals surface area contributed by atoms with Crippen LogP contribution >= 0.6 is 11.3 Å². The van der Waals surface area contributed by atoms with E-state index < -0.39 is 17.7 Å². The van der Waals surface area contributed by atoms with Crippen molar-refractivity contribution in [3.05, 3.63) is 57.5 Å². The van der Waals surface area contributed by atoms with Crippen LogP contribution in [0.4, 0.5) is 0 Å². The Kier molecular flexibility index (Phi) is 6.81. The number of thiophene rings is 1. The smallest absolute Gasteiger partial charge is 0.290 e. The first-order chi connectivity index (χ1) is 15.5. The normalized spacial score (nSPS) is 19.5. The number of likely N-dealkylation sites (tertiary alicyclic amines) is 1. The van der Waals surface area contributed by atoms with Crippen LogP contribution in [-0.2, 0) is 4.79 Å². The van der Waals surface area contributed by atoms with Gasteiger partial charge in [0.05, 0.1) is 30.7 Å². The highest BCUT2D eigenvalue weighted by atomic mass is 32.1. The summed E-state index contributed by atoms with van der Waals surface area (Å²) in [5.74, 6) is -0.258. The van der Waals surface area contributed by atoms with Crippen LogP contribution in [0.1, 0.15) is 40.5 Å². The van der Waals surface area contributed by atoms with Crippen LogP contribution in [0.5, 0.6) is 11.5 Å². The van der Waals surface area contributed by atoms with Crippen molar-refractivity contribution in [2.24, 2.45) is 0 Å². The van der Waals surface area contributed by atoms with Crippen LogP contribution in [0.25, 0.3) is 0 Å². The Hall–Kier alpha value is -2.84. The van der Waals surface area contributed by atoms with Crippen LogP contribution in [0.2, 0.25) is 0 Å². The summed E-state index contributed by atoms with van der Waals surface area (Å²) >= 11 is 1.28. The first-order valence-electron chi connectivity index (χ1n) is 10.8. The fourth-order valence-corrected chi connectivity index (χ4v) is 5.14. The third kappa shape index (κ3) is 4.25. The summed E-state index contributed by atoms with van der Waals surface area (Å²) in [4.78, 5) is 31.0. The number of Topliss-reactive ketones (excluding diaryl/α,β-unsaturated/α-hetero) is 1. The lowest BCUT2D eigenvalue weighted by atomic mass is 9.94. The maximum atomic E-state index is 13.4. The molecule has 32 heavy (non-hydrogen) atoms. The monoisotopic (exact) mass is 456 g/mol. The molecule has 170 valence electrons. The van der Waals surface area contributed by atoms with Crippen LogP contribution in [0.3, 0.4) is 0 Å². The summed E-state index contributed by atoms with van der Waals surface area (Å²) in [6.45, 7) is 3.07. The van der Waals surface area contributed by atoms with Crippen molar-refractivity contribution in [2.45, 2.75) is 25.3 Å². The Morgan fingerprint density at radius 3 is 2.56 bits per heavy atom. The zero-order valence-electron chi connectivity index (χ0n) is 18.4. The Labute approximate surface area is 191 Å². The molecule has 0 aliphatic carbocycles. The zero-order chi connectivity index (χ0) is 22.7. The minimum atomic E-state index is -0.757. The van der Waals surface area contributed by atoms with Gasteiger partial charge in [0, 0.05) is 18.7 Å². The first-order valence-corrected chi connectivity index (χ1v) is 11.7. The van der Waals surface area contributed by atoms with Crippen LogP contribution in [0, 0.1) is 0 Å². The molecule has 1 N–H and O–H groups in total. The number of amides is 1. The minimum Gasteiger partial charge on any atom is -0.503 e. The molecule has 0 radical (unpaired) electrons. The Morgan fingerprint density at radius 2 is 1.91 bits per heavy atom. The molecule has 1 amide bonds. The predicted octanol–water partition coefficient (Wildman–Crippen LogP) is 3.83. The molecule has 8 heteroatoms. The SMILES string of the molecule is COc1ccc(OC)c(C2C(C(=O)c3cccs3)=C(O)C(=O)N2CCN2CCCCC2)c1. The first kappa shape index (κ1) is 22.4. The number of piperidine rings is 1. The number of ether oxygens (including phenoxy) is 2. The quantitative estimate of drug-likeness (QED) is 0.608. The average molecular weight is 457 g/mol. The van der Waals surface area contributed by atoms with Gasteiger partial charge < -0.3 is 24.4 Å². The number of benzene rings is 1. The summed E-state index contributed by atoms with van der Waals surface area (Å²) in [6, 6.07) is 8.01. The fourth-order valence-electron chi connectivity index (χ4n) is 4.47. The molecule has 2 aliphatic heterocycles. The molecule has 0 spiro atoms. The van der Waals surface area contributed by atoms with Gasteiger partial charge in [0.25, 0.3) is 5.91 Å². The van der Waals surface area contributed by atoms with Gasteiger partial charge in [-0.1, -0.05) is 12.5 Å². The molecule has 2 aromatic rings. The van der Waals surface area contributed by atoms with E-state index in [-0.39, 0.29) is 11.4 Å². The van der Waals surface area contributed by atoms with Gasteiger partial charge in [-0.25, -0.2) is 0 Å². The van der Waals surface area contributed by atoms with Crippen molar-refractivity contribution in [3.8, 4) is 11.5 Å². The number of aliphatic hydroxyl groups is 1. The van der Waals surface area contributed by atoms with Gasteiger partial charge >= 0.3 is 0 Å². The Morgan fingerprint density at radius 1 is 1.12 bits per heavy atom. The summed E-state index contributed by atoms with van der Waals surface area (Å²) in [5, 5.41) is 12.6.